The van der Waals surface area contributed by atoms with Gasteiger partial charge in [-0.1, -0.05) is 36.3 Å². The normalized spacial score (nSPS) is 32.0. The highest BCUT2D eigenvalue weighted by atomic mass is 16.2. The Morgan fingerprint density at radius 3 is 0.802 bits per heavy atom. The van der Waals surface area contributed by atoms with Gasteiger partial charge in [0.1, 0.15) is 69.6 Å². The predicted molar refractivity (Wildman–Crippen MR) is 468 cm³/mol. The zero-order valence-corrected chi connectivity index (χ0v) is 63.9. The number of benzene rings is 6. The molecule has 6 saturated carbocycles. The SMILES string of the molecule is [2H]C([2H])c1nc2cccc(N)c2c(=O)n1C1([2H])C(=O)CC(=O)C([2H])([2H])C1([2H])[2H].[2H]Cc1nc2c([2H])c([2H])c([2H])c(N)c2c(=O)n1C1([2H])C(=O)CC(=O)C([2H])([2H])C1([2H])[2H].[2H]Cc1nc2c([2H])c([2H])c([2H])c(N)c2c(=O)n1C1C(=O)CC(=O)C([2H])([2H])C1([2H])[2H].[2H]Cc1nc2cccc(N)c2c(=O)n1C1([2H])C(=O)CC(=O)C([2H])([2H])C1([2H])[2H].[2H]c1c([2H])c(N)c2c(=O)n(C3([2H])C(=O)CC(=O)C([2H])([2H])C3([2H])[2H])c(C([2H])[2H])nc2c1[2H].[2H]c1c([2H])c(N)c2c(=O)n(C3C(=O)CC(=O)C([2H])([2H])C3([2H])[2H])c(C([2H])[2H])nc2c1[2H]. The molecule has 126 heavy (non-hydrogen) atoms. The molecule has 6 unspecified atom stereocenters. The first-order valence-electron chi connectivity index (χ1n) is 61.1. The van der Waals surface area contributed by atoms with Crippen LogP contribution >= 0.6 is 0 Å². The third-order valence-electron chi connectivity index (χ3n) is 18.1. The summed E-state index contributed by atoms with van der Waals surface area (Å²) in [7, 11) is 0. The molecule has 6 aliphatic rings. The number of nitrogens with two attached hydrogens (primary N) is 6. The van der Waals surface area contributed by atoms with Crippen molar-refractivity contribution in [1.29, 1.82) is 0 Å². The van der Waals surface area contributed by atoms with E-state index in [1.165, 1.54) is 36.4 Å². The molecule has 6 aromatic heterocycles. The molecule has 18 rings (SSSR count). The molecule has 6 atom stereocenters. The zero-order valence-electron chi connectivity index (χ0n) is 113. The van der Waals surface area contributed by atoms with Gasteiger partial charge in [0.05, 0.1) is 162 Å². The Balaban J connectivity index is 0.000000171. The molecule has 36 heteroatoms. The fourth-order valence-electron chi connectivity index (χ4n) is 12.5. The zero-order chi connectivity index (χ0) is 133. The van der Waals surface area contributed by atoms with E-state index in [0.29, 0.717) is 13.7 Å². The lowest BCUT2D eigenvalue weighted by Crippen LogP contribution is -2.36. The van der Waals surface area contributed by atoms with Crippen molar-refractivity contribution >= 4 is 169 Å². The third kappa shape index (κ3) is 17.8. The number of rotatable bonds is 6. The van der Waals surface area contributed by atoms with Crippen LogP contribution in [-0.2, 0) is 57.5 Å². The van der Waals surface area contributed by atoms with Crippen LogP contribution in [0.2, 0.25) is 0 Å². The lowest BCUT2D eigenvalue weighted by molar-refractivity contribution is -0.133. The summed E-state index contributed by atoms with van der Waals surface area (Å²) in [6, 6.07) is -17.0. The number of anilines is 6. The molecular weight excluding hydrogens is 1620 g/mol. The standard InChI is InChI=1S/6C15H15N3O3/c6*1-8-17-11-4-2-3-10(16)14(11)15(21)18(8)12-6-5-9(19)7-13(12)20/h6*2-4,12H,5-7,16H2,1H3/i1D2,2D,3D,4D,5D2,6D2,12D;1D,2D,3D,4D,5D2,6D2,12D;1D2,2D,3D,4D,5D2,6D2;1D,2D,3D,4D,5D2,6D2;1D2,5D2,6D2,12D;1D,5D2,6D2,12D. The largest absolute Gasteiger partial charge is 0.398 e. The Morgan fingerprint density at radius 1 is 0.286 bits per heavy atom. The fraction of sp³-hybridized carbons (Fsp3) is 0.333. The van der Waals surface area contributed by atoms with Gasteiger partial charge < -0.3 is 34.4 Å². The molecule has 0 spiro atoms. The number of hydrogen-bond donors (Lipinski definition) is 6. The first-order chi connectivity index (χ1) is 79.8. The van der Waals surface area contributed by atoms with Gasteiger partial charge in [-0.25, -0.2) is 29.9 Å². The van der Waals surface area contributed by atoms with E-state index < -0.39 is 464 Å². The smallest absolute Gasteiger partial charge is 0.264 e. The fourth-order valence-corrected chi connectivity index (χ4v) is 12.5. The Hall–Kier alpha value is -15.0. The van der Waals surface area contributed by atoms with Gasteiger partial charge in [0.15, 0.2) is 34.7 Å². The van der Waals surface area contributed by atoms with E-state index in [9.17, 15) is 86.3 Å². The number of carbonyl (C=O) groups excluding carboxylic acids is 12. The van der Waals surface area contributed by atoms with Crippen LogP contribution in [-0.4, -0.2) is 127 Å². The quantitative estimate of drug-likeness (QED) is 0.0727. The molecule has 0 aliphatic heterocycles. The molecule has 6 heterocycles. The molecule has 12 aromatic rings. The second-order valence-corrected chi connectivity index (χ2v) is 26.4. The molecular formula is C90H90N18O18. The van der Waals surface area contributed by atoms with Gasteiger partial charge in [-0.05, 0) is 152 Å². The van der Waals surface area contributed by atoms with Crippen LogP contribution in [0.3, 0.4) is 0 Å². The molecule has 36 nitrogen and oxygen atoms in total. The van der Waals surface area contributed by atoms with E-state index >= 15 is 0 Å². The highest BCUT2D eigenvalue weighted by Gasteiger charge is 2.38. The summed E-state index contributed by atoms with van der Waals surface area (Å²) in [6.07, 6.45) is -46.4. The Morgan fingerprint density at radius 2 is 0.508 bits per heavy atom. The number of nitrogen functional groups attached to an aromatic ring is 6. The third-order valence-corrected chi connectivity index (χ3v) is 18.1. The van der Waals surface area contributed by atoms with E-state index in [1.54, 1.807) is 0 Å². The molecule has 0 radical (unpaired) electrons. The summed E-state index contributed by atoms with van der Waals surface area (Å²) in [5.41, 5.74) is 22.8. The van der Waals surface area contributed by atoms with Crippen molar-refractivity contribution < 1.29 is 125 Å². The van der Waals surface area contributed by atoms with Crippen molar-refractivity contribution in [1.82, 2.24) is 57.3 Å². The molecule has 6 aromatic carbocycles. The summed E-state index contributed by atoms with van der Waals surface area (Å²) in [5.74, 6) is -19.9. The summed E-state index contributed by atoms with van der Waals surface area (Å²) in [6.45, 7) is -8.58. The van der Waals surface area contributed by atoms with E-state index in [0.717, 1.165) is 0 Å². The lowest BCUT2D eigenvalue weighted by Gasteiger charge is -2.24. The van der Waals surface area contributed by atoms with Crippen molar-refractivity contribution in [3.63, 3.8) is 0 Å². The number of ketones is 12. The average molecular weight is 1760 g/mol. The summed E-state index contributed by atoms with van der Waals surface area (Å²) >= 11 is 0. The molecule has 0 saturated heterocycles. The van der Waals surface area contributed by atoms with Crippen LogP contribution in [0.15, 0.2) is 138 Å². The monoisotopic (exact) mass is 1760 g/mol. The highest BCUT2D eigenvalue weighted by Crippen LogP contribution is 2.33. The van der Waals surface area contributed by atoms with Crippen molar-refractivity contribution in [2.75, 3.05) is 34.4 Å². The maximum absolute atomic E-state index is 13.3. The average Bonchev–Trinajstić information content (AvgIpc) is 0.702. The first kappa shape index (κ1) is 45.4. The van der Waals surface area contributed by atoms with Gasteiger partial charge >= 0.3 is 0 Å². The van der Waals surface area contributed by atoms with Crippen LogP contribution in [0, 0.1) is 41.3 Å². The number of nitrogens with zero attached hydrogens (tertiary/aromatic N) is 12. The highest BCUT2D eigenvalue weighted by molar-refractivity contribution is 6.08. The number of hydrogen-bond acceptors (Lipinski definition) is 30. The van der Waals surface area contributed by atoms with E-state index in [2.05, 4.69) is 29.9 Å². The van der Waals surface area contributed by atoms with Crippen LogP contribution in [0.25, 0.3) is 65.4 Å². The minimum absolute atomic E-state index is 0.00542. The molecule has 6 aliphatic carbocycles. The maximum atomic E-state index is 13.3. The number of aromatic nitrogens is 12. The minimum Gasteiger partial charge on any atom is -0.398 e. The number of carbonyl (C=O) groups is 12. The predicted octanol–water partition coefficient (Wildman–Crippen LogP) is 6.90. The van der Waals surface area contributed by atoms with Crippen LogP contribution in [0.5, 0.6) is 0 Å². The number of fused-ring (bicyclic) bond motifs is 6. The molecule has 6 fully saturated rings. The van der Waals surface area contributed by atoms with Gasteiger partial charge in [-0.2, -0.15) is 0 Å². The van der Waals surface area contributed by atoms with Gasteiger partial charge in [0, 0.05) is 118 Å². The van der Waals surface area contributed by atoms with E-state index in [1.807, 2.05) is 0 Å². The van der Waals surface area contributed by atoms with Crippen LogP contribution in [0.1, 0.15) is 253 Å². The van der Waals surface area contributed by atoms with E-state index in [-0.39, 0.29) is 52.4 Å². The van der Waals surface area contributed by atoms with E-state index in [4.69, 9.17) is 102 Å². The van der Waals surface area contributed by atoms with Gasteiger partial charge in [0.25, 0.3) is 33.4 Å². The topological polar surface area (TPSA) is 570 Å². The Labute approximate surface area is 783 Å². The molecule has 648 valence electrons. The van der Waals surface area contributed by atoms with Gasteiger partial charge in [0.2, 0.25) is 0 Å². The molecule has 12 N–H and O–H groups in total. The van der Waals surface area contributed by atoms with Crippen molar-refractivity contribution in [3.8, 4) is 0 Å². The first-order valence-corrected chi connectivity index (χ1v) is 35.5. The van der Waals surface area contributed by atoms with Crippen molar-refractivity contribution in [2.45, 2.75) is 192 Å². The minimum atomic E-state index is -3.63. The second-order valence-electron chi connectivity index (χ2n) is 26.4. The molecule has 0 amide bonds. The lowest BCUT2D eigenvalue weighted by atomic mass is 9.92. The molecule has 0 bridgehead atoms. The number of Topliss-reactive ketones (excluding diaryl/α,β-unsaturated/α-hetero) is 12. The van der Waals surface area contributed by atoms with Crippen LogP contribution < -0.4 is 67.8 Å². The maximum Gasteiger partial charge on any atom is 0.264 e. The summed E-state index contributed by atoms with van der Waals surface area (Å²) in [4.78, 5) is 250. The van der Waals surface area contributed by atoms with Crippen molar-refractivity contribution in [2.24, 2.45) is 0 Å². The Kier molecular flexibility index (Phi) is 13.2. The second kappa shape index (κ2) is 36.6. The summed E-state index contributed by atoms with van der Waals surface area (Å²) in [5, 5.41) is -2.89. The van der Waals surface area contributed by atoms with Gasteiger partial charge in [-0.15, -0.1) is 0 Å². The van der Waals surface area contributed by atoms with Crippen molar-refractivity contribution in [3.05, 3.63) is 206 Å². The van der Waals surface area contributed by atoms with Gasteiger partial charge in [-0.3, -0.25) is 114 Å². The summed E-state index contributed by atoms with van der Waals surface area (Å²) < 4.78 is 389. The number of aryl methyl sites for hydroxylation is 6. The Bertz CT molecular complexity index is 9650. The van der Waals surface area contributed by atoms with Crippen LogP contribution in [0.4, 0.5) is 34.1 Å².